The van der Waals surface area contributed by atoms with Crippen molar-refractivity contribution >= 4 is 9.84 Å². The van der Waals surface area contributed by atoms with Gasteiger partial charge in [0.05, 0.1) is 10.1 Å². The number of aryl methyl sites for hydroxylation is 2. The standard InChI is InChI=1S/C17H19NO2S/c1-12-6-2-5-9-15(12)21(19,20)16-11-10-13-7-3-4-8-14(13)17(16)18/h2-9,16-17H,10-11,18H2,1H3. The molecular weight excluding hydrogens is 282 g/mol. The molecule has 0 saturated carbocycles. The molecule has 2 atom stereocenters. The van der Waals surface area contributed by atoms with Crippen LogP contribution in [0.1, 0.15) is 29.2 Å². The summed E-state index contributed by atoms with van der Waals surface area (Å²) in [5.74, 6) is 0. The Morgan fingerprint density at radius 2 is 1.71 bits per heavy atom. The number of benzene rings is 2. The highest BCUT2D eigenvalue weighted by Gasteiger charge is 2.37. The molecule has 4 heteroatoms. The first kappa shape index (κ1) is 14.3. The minimum atomic E-state index is -3.41. The van der Waals surface area contributed by atoms with Crippen LogP contribution in [-0.4, -0.2) is 13.7 Å². The molecule has 0 aliphatic heterocycles. The zero-order chi connectivity index (χ0) is 15.0. The van der Waals surface area contributed by atoms with E-state index in [1.807, 2.05) is 43.3 Å². The van der Waals surface area contributed by atoms with E-state index in [1.165, 1.54) is 5.56 Å². The zero-order valence-corrected chi connectivity index (χ0v) is 12.8. The Bertz CT molecular complexity index is 768. The number of nitrogens with two attached hydrogens (primary N) is 1. The maximum Gasteiger partial charge on any atom is 0.183 e. The third-order valence-electron chi connectivity index (χ3n) is 4.31. The van der Waals surface area contributed by atoms with E-state index in [0.29, 0.717) is 11.3 Å². The molecule has 0 bridgehead atoms. The molecule has 3 nitrogen and oxygen atoms in total. The largest absolute Gasteiger partial charge is 0.323 e. The van der Waals surface area contributed by atoms with E-state index in [2.05, 4.69) is 0 Å². The Hall–Kier alpha value is -1.65. The topological polar surface area (TPSA) is 60.2 Å². The van der Waals surface area contributed by atoms with Gasteiger partial charge in [-0.1, -0.05) is 42.5 Å². The van der Waals surface area contributed by atoms with Crippen LogP contribution in [0.5, 0.6) is 0 Å². The lowest BCUT2D eigenvalue weighted by Crippen LogP contribution is -2.37. The van der Waals surface area contributed by atoms with E-state index in [-0.39, 0.29) is 0 Å². The van der Waals surface area contributed by atoms with Gasteiger partial charge >= 0.3 is 0 Å². The summed E-state index contributed by atoms with van der Waals surface area (Å²) in [7, 11) is -3.41. The Balaban J connectivity index is 2.04. The third kappa shape index (κ3) is 2.39. The second-order valence-electron chi connectivity index (χ2n) is 5.61. The molecule has 2 aromatic carbocycles. The molecule has 1 aliphatic carbocycles. The number of sulfone groups is 1. The maximum atomic E-state index is 12.9. The summed E-state index contributed by atoms with van der Waals surface area (Å²) >= 11 is 0. The van der Waals surface area contributed by atoms with Crippen molar-refractivity contribution < 1.29 is 8.42 Å². The number of hydrogen-bond donors (Lipinski definition) is 1. The fourth-order valence-electron chi connectivity index (χ4n) is 3.15. The van der Waals surface area contributed by atoms with Crippen LogP contribution in [0.2, 0.25) is 0 Å². The van der Waals surface area contributed by atoms with Crippen molar-refractivity contribution in [2.24, 2.45) is 5.73 Å². The highest BCUT2D eigenvalue weighted by Crippen LogP contribution is 2.35. The van der Waals surface area contributed by atoms with Crippen LogP contribution >= 0.6 is 0 Å². The van der Waals surface area contributed by atoms with E-state index in [0.717, 1.165) is 17.5 Å². The highest BCUT2D eigenvalue weighted by molar-refractivity contribution is 7.92. The molecule has 110 valence electrons. The van der Waals surface area contributed by atoms with Gasteiger partial charge in [-0.15, -0.1) is 0 Å². The van der Waals surface area contributed by atoms with E-state index in [9.17, 15) is 8.42 Å². The minimum absolute atomic E-state index is 0.407. The first-order valence-corrected chi connectivity index (χ1v) is 8.69. The lowest BCUT2D eigenvalue weighted by molar-refractivity contribution is 0.521. The predicted molar refractivity (Wildman–Crippen MR) is 83.8 cm³/mol. The fourth-order valence-corrected chi connectivity index (χ4v) is 5.22. The number of rotatable bonds is 2. The summed E-state index contributed by atoms with van der Waals surface area (Å²) in [4.78, 5) is 0.407. The molecule has 0 saturated heterocycles. The smallest absolute Gasteiger partial charge is 0.183 e. The Labute approximate surface area is 125 Å². The van der Waals surface area contributed by atoms with Crippen LogP contribution in [0.4, 0.5) is 0 Å². The van der Waals surface area contributed by atoms with Gasteiger partial charge in [0.2, 0.25) is 0 Å². The van der Waals surface area contributed by atoms with E-state index in [1.54, 1.807) is 12.1 Å². The van der Waals surface area contributed by atoms with Crippen molar-refractivity contribution in [3.8, 4) is 0 Å². The molecule has 2 N–H and O–H groups in total. The Morgan fingerprint density at radius 3 is 2.48 bits per heavy atom. The molecule has 2 aromatic rings. The van der Waals surface area contributed by atoms with Crippen molar-refractivity contribution in [2.75, 3.05) is 0 Å². The molecule has 0 fully saturated rings. The molecule has 0 spiro atoms. The van der Waals surface area contributed by atoms with Crippen molar-refractivity contribution in [1.29, 1.82) is 0 Å². The van der Waals surface area contributed by atoms with Crippen molar-refractivity contribution in [3.05, 3.63) is 65.2 Å². The average Bonchev–Trinajstić information content (AvgIpc) is 2.48. The summed E-state index contributed by atoms with van der Waals surface area (Å²) < 4.78 is 25.9. The number of fused-ring (bicyclic) bond motifs is 1. The van der Waals surface area contributed by atoms with Crippen LogP contribution in [0.3, 0.4) is 0 Å². The molecule has 2 unspecified atom stereocenters. The van der Waals surface area contributed by atoms with Gasteiger partial charge in [0, 0.05) is 6.04 Å². The van der Waals surface area contributed by atoms with Crippen LogP contribution in [0, 0.1) is 6.92 Å². The maximum absolute atomic E-state index is 12.9. The predicted octanol–water partition coefficient (Wildman–Crippen LogP) is 2.78. The Morgan fingerprint density at radius 1 is 1.05 bits per heavy atom. The normalized spacial score (nSPS) is 21.8. The van der Waals surface area contributed by atoms with Gasteiger partial charge in [-0.3, -0.25) is 0 Å². The average molecular weight is 301 g/mol. The van der Waals surface area contributed by atoms with Crippen LogP contribution in [0.15, 0.2) is 53.4 Å². The monoisotopic (exact) mass is 301 g/mol. The first-order valence-electron chi connectivity index (χ1n) is 7.15. The molecule has 0 radical (unpaired) electrons. The molecule has 3 rings (SSSR count). The molecular formula is C17H19NO2S. The van der Waals surface area contributed by atoms with Crippen LogP contribution in [-0.2, 0) is 16.3 Å². The summed E-state index contributed by atoms with van der Waals surface area (Å²) in [6, 6.07) is 14.5. The fraction of sp³-hybridized carbons (Fsp3) is 0.294. The van der Waals surface area contributed by atoms with Gasteiger partial charge in [-0.05, 0) is 42.5 Å². The highest BCUT2D eigenvalue weighted by atomic mass is 32.2. The lowest BCUT2D eigenvalue weighted by Gasteiger charge is -2.31. The van der Waals surface area contributed by atoms with Crippen molar-refractivity contribution in [3.63, 3.8) is 0 Å². The SMILES string of the molecule is Cc1ccccc1S(=O)(=O)C1CCc2ccccc2C1N. The summed E-state index contributed by atoms with van der Waals surface area (Å²) in [5.41, 5.74) is 9.20. The van der Waals surface area contributed by atoms with E-state index < -0.39 is 21.1 Å². The Kier molecular flexibility index (Phi) is 3.59. The summed E-state index contributed by atoms with van der Waals surface area (Å²) in [5, 5.41) is -0.548. The second kappa shape index (κ2) is 5.28. The van der Waals surface area contributed by atoms with Gasteiger partial charge in [0.15, 0.2) is 9.84 Å². The zero-order valence-electron chi connectivity index (χ0n) is 12.0. The lowest BCUT2D eigenvalue weighted by atomic mass is 9.88. The van der Waals surface area contributed by atoms with Gasteiger partial charge in [-0.2, -0.15) is 0 Å². The van der Waals surface area contributed by atoms with E-state index in [4.69, 9.17) is 5.73 Å². The first-order chi connectivity index (χ1) is 10.0. The summed E-state index contributed by atoms with van der Waals surface area (Å²) in [6.07, 6.45) is 1.34. The minimum Gasteiger partial charge on any atom is -0.323 e. The van der Waals surface area contributed by atoms with Gasteiger partial charge in [0.1, 0.15) is 0 Å². The molecule has 21 heavy (non-hydrogen) atoms. The number of hydrogen-bond acceptors (Lipinski definition) is 3. The van der Waals surface area contributed by atoms with Crippen LogP contribution < -0.4 is 5.73 Å². The van der Waals surface area contributed by atoms with Gasteiger partial charge in [0.25, 0.3) is 0 Å². The van der Waals surface area contributed by atoms with E-state index >= 15 is 0 Å². The van der Waals surface area contributed by atoms with Gasteiger partial charge < -0.3 is 5.73 Å². The summed E-state index contributed by atoms with van der Waals surface area (Å²) in [6.45, 7) is 1.83. The van der Waals surface area contributed by atoms with Crippen molar-refractivity contribution in [1.82, 2.24) is 0 Å². The molecule has 0 heterocycles. The van der Waals surface area contributed by atoms with Gasteiger partial charge in [-0.25, -0.2) is 8.42 Å². The quantitative estimate of drug-likeness (QED) is 0.928. The second-order valence-corrected chi connectivity index (χ2v) is 7.75. The molecule has 0 aromatic heterocycles. The third-order valence-corrected chi connectivity index (χ3v) is 6.71. The molecule has 1 aliphatic rings. The van der Waals surface area contributed by atoms with Crippen molar-refractivity contribution in [2.45, 2.75) is 36.0 Å². The van der Waals surface area contributed by atoms with Crippen LogP contribution in [0.25, 0.3) is 0 Å². The molecule has 0 amide bonds.